The van der Waals surface area contributed by atoms with Crippen LogP contribution in [0, 0.1) is 0 Å². The highest BCUT2D eigenvalue weighted by Crippen LogP contribution is 2.30. The molecule has 0 atom stereocenters. The number of benzene rings is 1. The highest BCUT2D eigenvalue weighted by Gasteiger charge is 2.27. The fourth-order valence-corrected chi connectivity index (χ4v) is 4.95. The molecular formula is C22H27N5O2S. The molecule has 0 saturated heterocycles. The first-order valence-electron chi connectivity index (χ1n) is 10.6. The van der Waals surface area contributed by atoms with Gasteiger partial charge in [0.2, 0.25) is 5.91 Å². The second-order valence-corrected chi connectivity index (χ2v) is 8.35. The number of aromatic nitrogens is 4. The molecular weight excluding hydrogens is 398 g/mol. The van der Waals surface area contributed by atoms with Crippen LogP contribution < -0.4 is 5.56 Å². The van der Waals surface area contributed by atoms with Crippen LogP contribution in [0.4, 0.5) is 0 Å². The van der Waals surface area contributed by atoms with E-state index in [1.165, 1.54) is 16.4 Å². The SMILES string of the molecule is CCN(CC)C(=O)CSc1nc2nn(-c3ccccc3)c(=O)c-2c2n1CCCCC2. The van der Waals surface area contributed by atoms with Crippen LogP contribution in [0.2, 0.25) is 0 Å². The monoisotopic (exact) mass is 425 g/mol. The van der Waals surface area contributed by atoms with E-state index in [-0.39, 0.29) is 11.5 Å². The zero-order valence-corrected chi connectivity index (χ0v) is 18.3. The van der Waals surface area contributed by atoms with Gasteiger partial charge in [0, 0.05) is 25.3 Å². The molecule has 30 heavy (non-hydrogen) atoms. The van der Waals surface area contributed by atoms with Crippen molar-refractivity contribution < 1.29 is 4.79 Å². The van der Waals surface area contributed by atoms with Gasteiger partial charge >= 0.3 is 0 Å². The molecule has 0 fully saturated rings. The predicted molar refractivity (Wildman–Crippen MR) is 118 cm³/mol. The number of para-hydroxylation sites is 1. The van der Waals surface area contributed by atoms with Gasteiger partial charge in [-0.05, 0) is 45.2 Å². The van der Waals surface area contributed by atoms with E-state index in [4.69, 9.17) is 4.98 Å². The summed E-state index contributed by atoms with van der Waals surface area (Å²) < 4.78 is 3.59. The predicted octanol–water partition coefficient (Wildman–Crippen LogP) is 3.22. The molecule has 7 nitrogen and oxygen atoms in total. The number of hydrogen-bond acceptors (Lipinski definition) is 5. The average molecular weight is 426 g/mol. The molecule has 0 radical (unpaired) electrons. The second-order valence-electron chi connectivity index (χ2n) is 7.41. The number of thioether (sulfide) groups is 1. The molecule has 1 aromatic rings. The number of rotatable bonds is 6. The molecule has 1 aromatic carbocycles. The van der Waals surface area contributed by atoms with Crippen molar-refractivity contribution in [3.63, 3.8) is 0 Å². The minimum atomic E-state index is -0.120. The summed E-state index contributed by atoms with van der Waals surface area (Å²) in [4.78, 5) is 32.3. The Morgan fingerprint density at radius 1 is 1.13 bits per heavy atom. The summed E-state index contributed by atoms with van der Waals surface area (Å²) >= 11 is 1.45. The van der Waals surface area contributed by atoms with Gasteiger partial charge in [0.05, 0.1) is 11.4 Å². The van der Waals surface area contributed by atoms with E-state index < -0.39 is 0 Å². The molecule has 0 unspecified atom stereocenters. The van der Waals surface area contributed by atoms with Crippen LogP contribution in [0.5, 0.6) is 0 Å². The van der Waals surface area contributed by atoms with Gasteiger partial charge in [0.1, 0.15) is 5.56 Å². The van der Waals surface area contributed by atoms with Gasteiger partial charge in [-0.15, -0.1) is 5.10 Å². The summed E-state index contributed by atoms with van der Waals surface area (Å²) in [5, 5.41) is 5.32. The fourth-order valence-electron chi connectivity index (χ4n) is 4.00. The van der Waals surface area contributed by atoms with Gasteiger partial charge in [0.15, 0.2) is 11.0 Å². The molecule has 0 spiro atoms. The third-order valence-electron chi connectivity index (χ3n) is 5.61. The van der Waals surface area contributed by atoms with Crippen LogP contribution in [0.25, 0.3) is 17.1 Å². The quantitative estimate of drug-likeness (QED) is 0.448. The van der Waals surface area contributed by atoms with Crippen molar-refractivity contribution >= 4 is 17.7 Å². The highest BCUT2D eigenvalue weighted by molar-refractivity contribution is 7.99. The fraction of sp³-hybridized carbons (Fsp3) is 0.455. The Morgan fingerprint density at radius 2 is 1.90 bits per heavy atom. The summed E-state index contributed by atoms with van der Waals surface area (Å²) in [5.41, 5.74) is 2.23. The van der Waals surface area contributed by atoms with Crippen molar-refractivity contribution in [1.29, 1.82) is 0 Å². The number of amides is 1. The van der Waals surface area contributed by atoms with E-state index in [1.54, 1.807) is 0 Å². The normalized spacial score (nSPS) is 13.8. The van der Waals surface area contributed by atoms with E-state index in [9.17, 15) is 9.59 Å². The van der Waals surface area contributed by atoms with Crippen LogP contribution in [0.15, 0.2) is 40.3 Å². The summed E-state index contributed by atoms with van der Waals surface area (Å²) in [6, 6.07) is 9.45. The Labute approximate surface area is 180 Å². The van der Waals surface area contributed by atoms with Crippen LogP contribution in [0.3, 0.4) is 0 Å². The minimum absolute atomic E-state index is 0.106. The van der Waals surface area contributed by atoms with Gasteiger partial charge < -0.3 is 9.47 Å². The van der Waals surface area contributed by atoms with E-state index in [0.717, 1.165) is 48.8 Å². The lowest BCUT2D eigenvalue weighted by Gasteiger charge is -2.20. The first-order valence-corrected chi connectivity index (χ1v) is 11.6. The number of nitrogens with zero attached hydrogens (tertiary/aromatic N) is 5. The van der Waals surface area contributed by atoms with E-state index in [2.05, 4.69) is 9.67 Å². The van der Waals surface area contributed by atoms with Crippen LogP contribution in [0.1, 0.15) is 38.8 Å². The largest absolute Gasteiger partial charge is 0.343 e. The molecule has 0 aliphatic carbocycles. The number of carbonyl (C=O) groups excluding carboxylic acids is 1. The summed E-state index contributed by atoms with van der Waals surface area (Å²) in [7, 11) is 0. The second kappa shape index (κ2) is 9.04. The first-order chi connectivity index (χ1) is 14.6. The Morgan fingerprint density at radius 3 is 2.63 bits per heavy atom. The molecule has 4 rings (SSSR count). The molecule has 0 saturated carbocycles. The van der Waals surface area contributed by atoms with Gasteiger partial charge in [-0.2, -0.15) is 4.68 Å². The Hall–Kier alpha value is -2.61. The van der Waals surface area contributed by atoms with Crippen LogP contribution in [-0.2, 0) is 17.8 Å². The van der Waals surface area contributed by atoms with E-state index in [0.29, 0.717) is 30.2 Å². The van der Waals surface area contributed by atoms with Crippen LogP contribution >= 0.6 is 11.8 Å². The topological polar surface area (TPSA) is 73.0 Å². The molecule has 3 heterocycles. The van der Waals surface area contributed by atoms with E-state index in [1.807, 2.05) is 49.1 Å². The summed E-state index contributed by atoms with van der Waals surface area (Å²) in [6.45, 7) is 6.20. The van der Waals surface area contributed by atoms with Gasteiger partial charge in [-0.3, -0.25) is 9.59 Å². The van der Waals surface area contributed by atoms with Crippen LogP contribution in [-0.4, -0.2) is 49.0 Å². The van der Waals surface area contributed by atoms with Crippen molar-refractivity contribution in [2.24, 2.45) is 0 Å². The first kappa shape index (κ1) is 20.7. The van der Waals surface area contributed by atoms with Gasteiger partial charge in [-0.25, -0.2) is 4.98 Å². The number of fused-ring (bicyclic) bond motifs is 3. The molecule has 8 heteroatoms. The molecule has 0 N–H and O–H groups in total. The van der Waals surface area contributed by atoms with Crippen molar-refractivity contribution in [2.75, 3.05) is 18.8 Å². The molecule has 0 aromatic heterocycles. The maximum atomic E-state index is 13.2. The summed E-state index contributed by atoms with van der Waals surface area (Å²) in [5.74, 6) is 0.910. The molecule has 3 aliphatic rings. The Bertz CT molecular complexity index is 1060. The molecule has 0 bridgehead atoms. The molecule has 158 valence electrons. The smallest absolute Gasteiger partial charge is 0.284 e. The third kappa shape index (κ3) is 3.88. The van der Waals surface area contributed by atoms with Gasteiger partial charge in [0.25, 0.3) is 5.56 Å². The lowest BCUT2D eigenvalue weighted by molar-refractivity contribution is -0.127. The maximum Gasteiger partial charge on any atom is 0.284 e. The van der Waals surface area contributed by atoms with Crippen molar-refractivity contribution in [3.8, 4) is 17.1 Å². The Balaban J connectivity index is 1.78. The lowest BCUT2D eigenvalue weighted by Crippen LogP contribution is -2.32. The number of hydrogen-bond donors (Lipinski definition) is 0. The highest BCUT2D eigenvalue weighted by atomic mass is 32.2. The van der Waals surface area contributed by atoms with Gasteiger partial charge in [-0.1, -0.05) is 36.4 Å². The van der Waals surface area contributed by atoms with Crippen molar-refractivity contribution in [2.45, 2.75) is 51.2 Å². The number of carbonyl (C=O) groups is 1. The van der Waals surface area contributed by atoms with Crippen molar-refractivity contribution in [3.05, 3.63) is 46.4 Å². The molecule has 1 amide bonds. The zero-order chi connectivity index (χ0) is 21.1. The third-order valence-corrected chi connectivity index (χ3v) is 6.57. The Kier molecular flexibility index (Phi) is 6.22. The summed E-state index contributed by atoms with van der Waals surface area (Å²) in [6.07, 6.45) is 4.03. The molecule has 3 aliphatic heterocycles. The van der Waals surface area contributed by atoms with Crippen molar-refractivity contribution in [1.82, 2.24) is 24.2 Å². The lowest BCUT2D eigenvalue weighted by atomic mass is 10.1. The zero-order valence-electron chi connectivity index (χ0n) is 17.5. The maximum absolute atomic E-state index is 13.2. The standard InChI is InChI=1S/C22H27N5O2S/c1-3-25(4-2)18(28)15-30-22-23-20-19(17-13-9-6-10-14-26(17)22)21(29)27(24-20)16-11-7-5-8-12-16/h5,7-8,11-12H,3-4,6,9-10,13-15H2,1-2H3. The average Bonchev–Trinajstić information content (AvgIpc) is 2.93. The minimum Gasteiger partial charge on any atom is -0.343 e. The van der Waals surface area contributed by atoms with E-state index >= 15 is 0 Å².